The summed E-state index contributed by atoms with van der Waals surface area (Å²) in [6.07, 6.45) is 0. The van der Waals surface area contributed by atoms with Crippen LogP contribution in [0.2, 0.25) is 0 Å². The molecule has 0 aliphatic heterocycles. The Labute approximate surface area is 164 Å². The molecule has 138 valence electrons. The Balaban J connectivity index is 1.81. The Hall–Kier alpha value is -3.20. The van der Waals surface area contributed by atoms with E-state index in [0.717, 1.165) is 16.7 Å². The molecular formula is C25H20O3. The van der Waals surface area contributed by atoms with Crippen LogP contribution in [0, 0.1) is 5.92 Å². The summed E-state index contributed by atoms with van der Waals surface area (Å²) in [5.41, 5.74) is 5.91. The highest BCUT2D eigenvalue weighted by molar-refractivity contribution is 6.35. The molecule has 0 spiro atoms. The van der Waals surface area contributed by atoms with Crippen LogP contribution in [0.25, 0.3) is 0 Å². The van der Waals surface area contributed by atoms with E-state index in [2.05, 4.69) is 48.5 Å². The maximum Gasteiger partial charge on any atom is 0.374 e. The predicted molar refractivity (Wildman–Crippen MR) is 106 cm³/mol. The molecule has 3 nitrogen and oxygen atoms in total. The van der Waals surface area contributed by atoms with Gasteiger partial charge >= 0.3 is 5.97 Å². The van der Waals surface area contributed by atoms with Crippen molar-refractivity contribution in [3.8, 4) is 0 Å². The number of benzene rings is 3. The van der Waals surface area contributed by atoms with Gasteiger partial charge in [-0.2, -0.15) is 0 Å². The van der Waals surface area contributed by atoms with Crippen molar-refractivity contribution in [1.29, 1.82) is 0 Å². The molecule has 3 aromatic rings. The van der Waals surface area contributed by atoms with Crippen LogP contribution >= 0.6 is 0 Å². The third kappa shape index (κ3) is 2.29. The van der Waals surface area contributed by atoms with Crippen molar-refractivity contribution in [2.24, 2.45) is 5.92 Å². The van der Waals surface area contributed by atoms with Gasteiger partial charge in [0.05, 0.1) is 7.11 Å². The van der Waals surface area contributed by atoms with Crippen molar-refractivity contribution in [2.75, 3.05) is 7.11 Å². The lowest BCUT2D eigenvalue weighted by Gasteiger charge is -2.50. The molecule has 6 rings (SSSR count). The molecule has 0 amide bonds. The predicted octanol–water partition coefficient (Wildman–Crippen LogP) is 4.42. The first-order valence-corrected chi connectivity index (χ1v) is 9.57. The van der Waals surface area contributed by atoms with Crippen LogP contribution in [0.3, 0.4) is 0 Å². The van der Waals surface area contributed by atoms with E-state index < -0.39 is 17.7 Å². The maximum absolute atomic E-state index is 13.2. The minimum absolute atomic E-state index is 0.0402. The fourth-order valence-corrected chi connectivity index (χ4v) is 5.30. The number of carbonyl (C=O) groups is 2. The van der Waals surface area contributed by atoms with Gasteiger partial charge in [0.1, 0.15) is 0 Å². The molecule has 2 bridgehead atoms. The molecule has 2 unspecified atom stereocenters. The van der Waals surface area contributed by atoms with E-state index in [1.165, 1.54) is 18.2 Å². The average molecular weight is 368 g/mol. The van der Waals surface area contributed by atoms with Crippen LogP contribution in [-0.4, -0.2) is 18.9 Å². The largest absolute Gasteiger partial charge is 0.463 e. The van der Waals surface area contributed by atoms with Crippen LogP contribution < -0.4 is 0 Å². The zero-order valence-electron chi connectivity index (χ0n) is 15.5. The summed E-state index contributed by atoms with van der Waals surface area (Å²) in [5, 5.41) is 0. The van der Waals surface area contributed by atoms with Gasteiger partial charge in [0.25, 0.3) is 0 Å². The van der Waals surface area contributed by atoms with E-state index in [4.69, 9.17) is 4.74 Å². The highest BCUT2D eigenvalue weighted by atomic mass is 16.5. The number of hydrogen-bond acceptors (Lipinski definition) is 3. The first-order chi connectivity index (χ1) is 13.7. The molecule has 2 atom stereocenters. The lowest BCUT2D eigenvalue weighted by Crippen LogP contribution is -2.44. The molecule has 3 aliphatic rings. The second kappa shape index (κ2) is 6.45. The maximum atomic E-state index is 13.2. The van der Waals surface area contributed by atoms with Crippen molar-refractivity contribution < 1.29 is 14.3 Å². The van der Waals surface area contributed by atoms with Gasteiger partial charge in [-0.1, -0.05) is 78.9 Å². The van der Waals surface area contributed by atoms with Gasteiger partial charge in [-0.25, -0.2) is 4.79 Å². The normalized spacial score (nSPS) is 24.2. The zero-order valence-corrected chi connectivity index (χ0v) is 15.5. The number of hydrogen-bond donors (Lipinski definition) is 0. The van der Waals surface area contributed by atoms with Crippen LogP contribution in [0.4, 0.5) is 0 Å². The highest BCUT2D eigenvalue weighted by Crippen LogP contribution is 2.61. The van der Waals surface area contributed by atoms with Gasteiger partial charge < -0.3 is 4.74 Å². The summed E-state index contributed by atoms with van der Waals surface area (Å²) < 4.78 is 4.84. The molecule has 28 heavy (non-hydrogen) atoms. The third-order valence-electron chi connectivity index (χ3n) is 6.31. The molecule has 0 heterocycles. The van der Waals surface area contributed by atoms with Crippen LogP contribution in [0.1, 0.15) is 45.6 Å². The zero-order chi connectivity index (χ0) is 19.3. The Bertz CT molecular complexity index is 1020. The number of rotatable bonds is 3. The summed E-state index contributed by atoms with van der Waals surface area (Å²) >= 11 is 0. The topological polar surface area (TPSA) is 43.4 Å². The van der Waals surface area contributed by atoms with Crippen LogP contribution in [0.5, 0.6) is 0 Å². The van der Waals surface area contributed by atoms with Crippen molar-refractivity contribution in [3.63, 3.8) is 0 Å². The van der Waals surface area contributed by atoms with E-state index in [0.29, 0.717) is 0 Å². The summed E-state index contributed by atoms with van der Waals surface area (Å²) in [6.45, 7) is 0. The second-order valence-corrected chi connectivity index (χ2v) is 7.53. The smallest absolute Gasteiger partial charge is 0.374 e. The lowest BCUT2D eigenvalue weighted by atomic mass is 9.52. The average Bonchev–Trinajstić information content (AvgIpc) is 2.78. The molecule has 3 aliphatic carbocycles. The number of methoxy groups -OCH3 is 1. The van der Waals surface area contributed by atoms with Gasteiger partial charge in [0.15, 0.2) is 0 Å². The summed E-state index contributed by atoms with van der Waals surface area (Å²) in [4.78, 5) is 25.6. The Morgan fingerprint density at radius 2 is 1.14 bits per heavy atom. The quantitative estimate of drug-likeness (QED) is 0.508. The summed E-state index contributed by atoms with van der Waals surface area (Å²) in [7, 11) is 1.28. The SMILES string of the molecule is COC(=O)C(=O)C1C2c3ccccc3C(c3ccccc32)C1c1ccccc1. The standard InChI is InChI=1S/C25H20O3/c1-28-25(27)24(26)23-20(15-9-3-2-4-10-15)21-16-11-5-7-13-18(16)22(23)19-14-8-6-12-17(19)21/h2-14,20-23H,1H3. The van der Waals surface area contributed by atoms with Crippen molar-refractivity contribution in [1.82, 2.24) is 0 Å². The van der Waals surface area contributed by atoms with E-state index in [9.17, 15) is 9.59 Å². The minimum Gasteiger partial charge on any atom is -0.463 e. The molecule has 0 saturated heterocycles. The molecule has 0 radical (unpaired) electrons. The van der Waals surface area contributed by atoms with Crippen LogP contribution in [0.15, 0.2) is 78.9 Å². The highest BCUT2D eigenvalue weighted by Gasteiger charge is 2.54. The number of Topliss-reactive ketones (excluding diaryl/α,β-unsaturated/α-hetero) is 1. The third-order valence-corrected chi connectivity index (χ3v) is 6.31. The lowest BCUT2D eigenvalue weighted by molar-refractivity contribution is -0.154. The van der Waals surface area contributed by atoms with E-state index in [1.54, 1.807) is 0 Å². The van der Waals surface area contributed by atoms with E-state index >= 15 is 0 Å². The second-order valence-electron chi connectivity index (χ2n) is 7.53. The van der Waals surface area contributed by atoms with Crippen LogP contribution in [-0.2, 0) is 14.3 Å². The minimum atomic E-state index is -0.756. The van der Waals surface area contributed by atoms with Gasteiger partial charge in [-0.15, -0.1) is 0 Å². The molecule has 0 aromatic heterocycles. The molecule has 0 fully saturated rings. The van der Waals surface area contributed by atoms with Gasteiger partial charge in [-0.05, 0) is 27.8 Å². The first-order valence-electron chi connectivity index (χ1n) is 9.57. The fraction of sp³-hybridized carbons (Fsp3) is 0.200. The molecule has 3 heteroatoms. The van der Waals surface area contributed by atoms with Crippen molar-refractivity contribution in [3.05, 3.63) is 107 Å². The van der Waals surface area contributed by atoms with Gasteiger partial charge in [-0.3, -0.25) is 4.79 Å². The fourth-order valence-electron chi connectivity index (χ4n) is 5.30. The number of ether oxygens (including phenoxy) is 1. The number of esters is 1. The monoisotopic (exact) mass is 368 g/mol. The Kier molecular flexibility index (Phi) is 3.90. The molecule has 3 aromatic carbocycles. The summed E-state index contributed by atoms with van der Waals surface area (Å²) in [5.74, 6) is -1.86. The van der Waals surface area contributed by atoms with Crippen molar-refractivity contribution in [2.45, 2.75) is 17.8 Å². The number of fused-ring (bicyclic) bond motifs is 1. The van der Waals surface area contributed by atoms with Gasteiger partial charge in [0, 0.05) is 23.7 Å². The first kappa shape index (κ1) is 16.9. The van der Waals surface area contributed by atoms with Crippen molar-refractivity contribution >= 4 is 11.8 Å². The van der Waals surface area contributed by atoms with Gasteiger partial charge in [0.2, 0.25) is 5.78 Å². The number of ketones is 1. The molecular weight excluding hydrogens is 348 g/mol. The molecule has 0 N–H and O–H groups in total. The van der Waals surface area contributed by atoms with E-state index in [-0.39, 0.29) is 17.8 Å². The number of carbonyl (C=O) groups excluding carboxylic acids is 2. The van der Waals surface area contributed by atoms with E-state index in [1.807, 2.05) is 30.3 Å². The molecule has 0 saturated carbocycles. The summed E-state index contributed by atoms with van der Waals surface area (Å²) in [6, 6.07) is 26.8. The Morgan fingerprint density at radius 3 is 1.64 bits per heavy atom. The Morgan fingerprint density at radius 1 is 0.679 bits per heavy atom.